The molecular weight excluding hydrogens is 381 g/mol. The van der Waals surface area contributed by atoms with E-state index in [1.54, 1.807) is 0 Å². The van der Waals surface area contributed by atoms with Crippen LogP contribution in [0, 0.1) is 16.0 Å². The first-order valence-corrected chi connectivity index (χ1v) is 8.86. The summed E-state index contributed by atoms with van der Waals surface area (Å²) in [6.45, 7) is 0.535. The zero-order chi connectivity index (χ0) is 18.8. The molecule has 0 radical (unpaired) electrons. The fourth-order valence-electron chi connectivity index (χ4n) is 3.20. The SMILES string of the molecule is NCC1CCCC1NC(=O)c1ccn(-c2c(Cl)cc([N+](=O)[O-])cc2Cl)n1. The number of hydrogen-bond acceptors (Lipinski definition) is 5. The Hall–Kier alpha value is -2.16. The third kappa shape index (κ3) is 3.67. The number of hydrogen-bond donors (Lipinski definition) is 2. The van der Waals surface area contributed by atoms with Gasteiger partial charge in [0.2, 0.25) is 0 Å². The van der Waals surface area contributed by atoms with Gasteiger partial charge in [-0.25, -0.2) is 4.68 Å². The second-order valence-electron chi connectivity index (χ2n) is 6.17. The van der Waals surface area contributed by atoms with Gasteiger partial charge in [-0.05, 0) is 31.4 Å². The lowest BCUT2D eigenvalue weighted by Crippen LogP contribution is -2.40. The van der Waals surface area contributed by atoms with Crippen LogP contribution in [-0.4, -0.2) is 33.2 Å². The zero-order valence-electron chi connectivity index (χ0n) is 13.7. The summed E-state index contributed by atoms with van der Waals surface area (Å²) in [7, 11) is 0. The van der Waals surface area contributed by atoms with Crippen molar-refractivity contribution < 1.29 is 9.72 Å². The molecule has 1 aliphatic rings. The number of carbonyl (C=O) groups excluding carboxylic acids is 1. The van der Waals surface area contributed by atoms with Crippen LogP contribution in [0.4, 0.5) is 5.69 Å². The number of rotatable bonds is 5. The van der Waals surface area contributed by atoms with Crippen molar-refractivity contribution >= 4 is 34.8 Å². The number of nitrogens with one attached hydrogen (secondary N) is 1. The number of aromatic nitrogens is 2. The Morgan fingerprint density at radius 2 is 2.08 bits per heavy atom. The fourth-order valence-corrected chi connectivity index (χ4v) is 3.85. The lowest BCUT2D eigenvalue weighted by Gasteiger charge is -2.18. The summed E-state index contributed by atoms with van der Waals surface area (Å²) in [5.74, 6) is -0.0251. The van der Waals surface area contributed by atoms with E-state index in [-0.39, 0.29) is 45.0 Å². The van der Waals surface area contributed by atoms with Crippen molar-refractivity contribution in [1.82, 2.24) is 15.1 Å². The Morgan fingerprint density at radius 3 is 2.69 bits per heavy atom. The van der Waals surface area contributed by atoms with Crippen LogP contribution in [0.1, 0.15) is 29.8 Å². The molecule has 1 aromatic carbocycles. The molecule has 8 nitrogen and oxygen atoms in total. The first-order valence-electron chi connectivity index (χ1n) is 8.11. The molecule has 2 unspecified atom stereocenters. The maximum atomic E-state index is 12.4. The molecule has 0 saturated heterocycles. The largest absolute Gasteiger partial charge is 0.348 e. The number of halogens is 2. The summed E-state index contributed by atoms with van der Waals surface area (Å²) in [5, 5.41) is 18.2. The van der Waals surface area contributed by atoms with Gasteiger partial charge in [0.1, 0.15) is 5.69 Å². The third-order valence-electron chi connectivity index (χ3n) is 4.54. The van der Waals surface area contributed by atoms with Crippen molar-refractivity contribution in [2.75, 3.05) is 6.54 Å². The molecule has 0 aliphatic heterocycles. The molecule has 3 rings (SSSR count). The van der Waals surface area contributed by atoms with Crippen LogP contribution in [0.3, 0.4) is 0 Å². The van der Waals surface area contributed by atoms with E-state index in [0.717, 1.165) is 19.3 Å². The minimum Gasteiger partial charge on any atom is -0.348 e. The van der Waals surface area contributed by atoms with Gasteiger partial charge in [0.05, 0.1) is 15.0 Å². The van der Waals surface area contributed by atoms with Crippen LogP contribution in [0.15, 0.2) is 24.4 Å². The molecule has 1 saturated carbocycles. The van der Waals surface area contributed by atoms with Crippen LogP contribution in [0.25, 0.3) is 5.69 Å². The van der Waals surface area contributed by atoms with E-state index < -0.39 is 4.92 Å². The van der Waals surface area contributed by atoms with Gasteiger partial charge in [0.25, 0.3) is 11.6 Å². The standard InChI is InChI=1S/C16H17Cl2N5O3/c17-11-6-10(23(25)26)7-12(18)15(11)22-5-4-14(21-22)16(24)20-13-3-1-2-9(13)8-19/h4-7,9,13H,1-3,8,19H2,(H,20,24). The summed E-state index contributed by atoms with van der Waals surface area (Å²) in [6.07, 6.45) is 4.47. The molecule has 1 aliphatic carbocycles. The predicted octanol–water partition coefficient (Wildman–Crippen LogP) is 2.94. The number of amides is 1. The van der Waals surface area contributed by atoms with Crippen molar-refractivity contribution in [3.63, 3.8) is 0 Å². The molecule has 2 aromatic rings. The van der Waals surface area contributed by atoms with Gasteiger partial charge in [-0.1, -0.05) is 29.6 Å². The maximum absolute atomic E-state index is 12.4. The Kier molecular flexibility index (Phi) is 5.45. The third-order valence-corrected chi connectivity index (χ3v) is 5.12. The zero-order valence-corrected chi connectivity index (χ0v) is 15.2. The lowest BCUT2D eigenvalue weighted by molar-refractivity contribution is -0.384. The van der Waals surface area contributed by atoms with Crippen molar-refractivity contribution in [3.8, 4) is 5.69 Å². The number of nitro groups is 1. The highest BCUT2D eigenvalue weighted by Crippen LogP contribution is 2.33. The Labute approximate surface area is 159 Å². The summed E-state index contributed by atoms with van der Waals surface area (Å²) < 4.78 is 1.33. The monoisotopic (exact) mass is 397 g/mol. The first kappa shape index (κ1) is 18.6. The van der Waals surface area contributed by atoms with Crippen LogP contribution >= 0.6 is 23.2 Å². The first-order chi connectivity index (χ1) is 12.4. The second kappa shape index (κ2) is 7.61. The molecule has 0 spiro atoms. The molecule has 2 atom stereocenters. The van der Waals surface area contributed by atoms with E-state index >= 15 is 0 Å². The second-order valence-corrected chi connectivity index (χ2v) is 6.98. The van der Waals surface area contributed by atoms with Crippen LogP contribution < -0.4 is 11.1 Å². The number of carbonyl (C=O) groups is 1. The number of nitrogens with zero attached hydrogens (tertiary/aromatic N) is 3. The normalized spacial score (nSPS) is 19.5. The van der Waals surface area contributed by atoms with E-state index in [9.17, 15) is 14.9 Å². The smallest absolute Gasteiger partial charge is 0.272 e. The summed E-state index contributed by atoms with van der Waals surface area (Å²) in [6, 6.07) is 3.96. The average Bonchev–Trinajstić information content (AvgIpc) is 3.23. The Balaban J connectivity index is 1.82. The molecule has 0 bridgehead atoms. The van der Waals surface area contributed by atoms with Crippen LogP contribution in [0.5, 0.6) is 0 Å². The molecule has 1 fully saturated rings. The molecular formula is C16H17Cl2N5O3. The highest BCUT2D eigenvalue weighted by Gasteiger charge is 2.28. The number of nitrogens with two attached hydrogens (primary N) is 1. The average molecular weight is 398 g/mol. The van der Waals surface area contributed by atoms with Gasteiger partial charge in [0, 0.05) is 24.4 Å². The Bertz CT molecular complexity index is 831. The van der Waals surface area contributed by atoms with Crippen LogP contribution in [-0.2, 0) is 0 Å². The number of benzene rings is 1. The summed E-state index contributed by atoms with van der Waals surface area (Å²) in [4.78, 5) is 22.7. The van der Waals surface area contributed by atoms with E-state index in [2.05, 4.69) is 10.4 Å². The van der Waals surface area contributed by atoms with Gasteiger partial charge >= 0.3 is 0 Å². The molecule has 10 heteroatoms. The molecule has 1 amide bonds. The van der Waals surface area contributed by atoms with Crippen LogP contribution in [0.2, 0.25) is 10.0 Å². The topological polar surface area (TPSA) is 116 Å². The quantitative estimate of drug-likeness (QED) is 0.593. The number of nitro benzene ring substituents is 1. The van der Waals surface area contributed by atoms with E-state index in [0.29, 0.717) is 6.54 Å². The summed E-state index contributed by atoms with van der Waals surface area (Å²) >= 11 is 12.2. The van der Waals surface area contributed by atoms with Gasteiger partial charge in [0.15, 0.2) is 5.69 Å². The minimum atomic E-state index is -0.584. The molecule has 1 heterocycles. The van der Waals surface area contributed by atoms with Gasteiger partial charge in [-0.3, -0.25) is 14.9 Å². The molecule has 3 N–H and O–H groups in total. The highest BCUT2D eigenvalue weighted by molar-refractivity contribution is 6.38. The van der Waals surface area contributed by atoms with Gasteiger partial charge in [-0.15, -0.1) is 0 Å². The predicted molar refractivity (Wildman–Crippen MR) is 97.9 cm³/mol. The van der Waals surface area contributed by atoms with Crippen molar-refractivity contribution in [2.45, 2.75) is 25.3 Å². The van der Waals surface area contributed by atoms with Gasteiger partial charge in [-0.2, -0.15) is 5.10 Å². The summed E-state index contributed by atoms with van der Waals surface area (Å²) in [5.41, 5.74) is 6.00. The number of non-ortho nitro benzene ring substituents is 1. The highest BCUT2D eigenvalue weighted by atomic mass is 35.5. The molecule has 26 heavy (non-hydrogen) atoms. The maximum Gasteiger partial charge on any atom is 0.272 e. The van der Waals surface area contributed by atoms with E-state index in [1.165, 1.54) is 29.1 Å². The fraction of sp³-hybridized carbons (Fsp3) is 0.375. The lowest BCUT2D eigenvalue weighted by atomic mass is 10.0. The Morgan fingerprint density at radius 1 is 1.38 bits per heavy atom. The van der Waals surface area contributed by atoms with Crippen molar-refractivity contribution in [1.29, 1.82) is 0 Å². The molecule has 1 aromatic heterocycles. The molecule has 138 valence electrons. The van der Waals surface area contributed by atoms with E-state index in [1.807, 2.05) is 0 Å². The van der Waals surface area contributed by atoms with E-state index in [4.69, 9.17) is 28.9 Å². The minimum absolute atomic E-state index is 0.0456. The van der Waals surface area contributed by atoms with Crippen molar-refractivity contribution in [2.24, 2.45) is 11.7 Å². The van der Waals surface area contributed by atoms with Crippen molar-refractivity contribution in [3.05, 3.63) is 50.2 Å². The van der Waals surface area contributed by atoms with Gasteiger partial charge < -0.3 is 11.1 Å².